The van der Waals surface area contributed by atoms with E-state index in [9.17, 15) is 4.79 Å². The maximum atomic E-state index is 12.0. The molecule has 2 aromatic carbocycles. The van der Waals surface area contributed by atoms with Crippen LogP contribution in [-0.4, -0.2) is 18.2 Å². The molecule has 0 unspecified atom stereocenters. The molecule has 4 heteroatoms. The average Bonchev–Trinajstić information content (AvgIpc) is 2.68. The van der Waals surface area contributed by atoms with Crippen molar-refractivity contribution in [1.29, 1.82) is 0 Å². The van der Waals surface area contributed by atoms with Crippen LogP contribution in [0.1, 0.15) is 38.8 Å². The van der Waals surface area contributed by atoms with Gasteiger partial charge in [-0.1, -0.05) is 87.5 Å². The van der Waals surface area contributed by atoms with E-state index in [1.165, 1.54) is 0 Å². The summed E-state index contributed by atoms with van der Waals surface area (Å²) in [4.78, 5) is 12.0. The van der Waals surface area contributed by atoms with E-state index in [2.05, 4.69) is 31.3 Å². The van der Waals surface area contributed by atoms with Crippen LogP contribution in [-0.2, 0) is 10.2 Å². The van der Waals surface area contributed by atoms with Gasteiger partial charge in [0.1, 0.15) is 5.75 Å². The minimum Gasteiger partial charge on any atom is -0.483 e. The van der Waals surface area contributed by atoms with Crippen molar-refractivity contribution in [2.45, 2.75) is 33.1 Å². The van der Waals surface area contributed by atoms with Crippen LogP contribution >= 0.6 is 0 Å². The first-order chi connectivity index (χ1) is 13.4. The van der Waals surface area contributed by atoms with Crippen molar-refractivity contribution in [3.05, 3.63) is 84.0 Å². The molecule has 146 valence electrons. The molecular weight excluding hydrogens is 348 g/mol. The van der Waals surface area contributed by atoms with Gasteiger partial charge in [-0.15, -0.1) is 0 Å². The minimum atomic E-state index is -0.295. The van der Waals surface area contributed by atoms with Crippen LogP contribution in [0.4, 0.5) is 0 Å². The number of hydrazone groups is 1. The predicted octanol–water partition coefficient (Wildman–Crippen LogP) is 5.12. The molecule has 0 aromatic heterocycles. The van der Waals surface area contributed by atoms with Gasteiger partial charge in [0.05, 0.1) is 5.71 Å². The number of allylic oxidation sites excluding steroid dienone is 3. The number of carbonyl (C=O) groups is 1. The van der Waals surface area contributed by atoms with Gasteiger partial charge in [0.15, 0.2) is 6.61 Å². The van der Waals surface area contributed by atoms with Crippen molar-refractivity contribution in [3.8, 4) is 5.75 Å². The van der Waals surface area contributed by atoms with Crippen LogP contribution in [0.25, 0.3) is 6.08 Å². The van der Waals surface area contributed by atoms with E-state index in [4.69, 9.17) is 4.74 Å². The molecule has 0 bridgehead atoms. The fraction of sp³-hybridized carbons (Fsp3) is 0.250. The maximum Gasteiger partial charge on any atom is 0.277 e. The summed E-state index contributed by atoms with van der Waals surface area (Å²) in [5.41, 5.74) is 5.35. The predicted molar refractivity (Wildman–Crippen MR) is 117 cm³/mol. The summed E-state index contributed by atoms with van der Waals surface area (Å²) in [6.07, 6.45) is 7.65. The Kier molecular flexibility index (Phi) is 7.76. The molecule has 0 fully saturated rings. The monoisotopic (exact) mass is 376 g/mol. The van der Waals surface area contributed by atoms with Gasteiger partial charge < -0.3 is 4.74 Å². The normalized spacial score (nSPS) is 12.5. The number of rotatable bonds is 7. The van der Waals surface area contributed by atoms with Crippen molar-refractivity contribution in [2.24, 2.45) is 5.10 Å². The van der Waals surface area contributed by atoms with E-state index in [1.54, 1.807) is 0 Å². The van der Waals surface area contributed by atoms with Crippen LogP contribution < -0.4 is 10.2 Å². The summed E-state index contributed by atoms with van der Waals surface area (Å²) in [7, 11) is 0. The van der Waals surface area contributed by atoms with Crippen LogP contribution in [0.15, 0.2) is 77.9 Å². The van der Waals surface area contributed by atoms with Gasteiger partial charge in [0.2, 0.25) is 0 Å². The van der Waals surface area contributed by atoms with Crippen molar-refractivity contribution < 1.29 is 9.53 Å². The van der Waals surface area contributed by atoms with E-state index >= 15 is 0 Å². The van der Waals surface area contributed by atoms with Crippen LogP contribution in [0.5, 0.6) is 5.75 Å². The van der Waals surface area contributed by atoms with Gasteiger partial charge in [0.25, 0.3) is 5.91 Å². The number of nitrogens with one attached hydrogen (secondary N) is 1. The lowest BCUT2D eigenvalue weighted by Gasteiger charge is -2.22. The Morgan fingerprint density at radius 2 is 1.71 bits per heavy atom. The number of ether oxygens (including phenoxy) is 1. The molecule has 2 rings (SSSR count). The van der Waals surface area contributed by atoms with Gasteiger partial charge >= 0.3 is 0 Å². The molecule has 2 aromatic rings. The molecule has 28 heavy (non-hydrogen) atoms. The molecule has 0 aliphatic heterocycles. The highest BCUT2D eigenvalue weighted by Crippen LogP contribution is 2.30. The van der Waals surface area contributed by atoms with Crippen molar-refractivity contribution in [3.63, 3.8) is 0 Å². The van der Waals surface area contributed by atoms with E-state index in [1.807, 2.05) is 85.8 Å². The molecule has 0 spiro atoms. The lowest BCUT2D eigenvalue weighted by Crippen LogP contribution is -2.26. The smallest absolute Gasteiger partial charge is 0.277 e. The first kappa shape index (κ1) is 21.2. The Balaban J connectivity index is 1.83. The quantitative estimate of drug-likeness (QED) is 0.414. The number of carbonyl (C=O) groups excluding carboxylic acids is 1. The van der Waals surface area contributed by atoms with Crippen LogP contribution in [0.2, 0.25) is 0 Å². The second kappa shape index (κ2) is 10.3. The second-order valence-corrected chi connectivity index (χ2v) is 7.45. The summed E-state index contributed by atoms with van der Waals surface area (Å²) in [6.45, 7) is 8.08. The lowest BCUT2D eigenvalue weighted by atomic mass is 9.86. The Labute approximate surface area is 167 Å². The minimum absolute atomic E-state index is 0.0557. The molecule has 4 nitrogen and oxygen atoms in total. The average molecular weight is 377 g/mol. The molecule has 0 heterocycles. The summed E-state index contributed by atoms with van der Waals surface area (Å²) in [6, 6.07) is 17.8. The summed E-state index contributed by atoms with van der Waals surface area (Å²) >= 11 is 0. The lowest BCUT2D eigenvalue weighted by molar-refractivity contribution is -0.123. The standard InChI is InChI=1S/C24H28N2O2/c1-19(12-8-9-15-20-13-6-5-7-14-20)25-26-23(27)18-28-22-17-11-10-16-21(22)24(2,3)4/h5-17H,18H2,1-4H3,(H,26,27). The highest BCUT2D eigenvalue weighted by Gasteiger charge is 2.18. The van der Waals surface area contributed by atoms with E-state index in [0.29, 0.717) is 5.71 Å². The molecule has 0 atom stereocenters. The largest absolute Gasteiger partial charge is 0.483 e. The number of para-hydroxylation sites is 1. The van der Waals surface area contributed by atoms with E-state index in [0.717, 1.165) is 16.9 Å². The summed E-state index contributed by atoms with van der Waals surface area (Å²) in [5, 5.41) is 4.07. The highest BCUT2D eigenvalue weighted by atomic mass is 16.5. The zero-order chi connectivity index (χ0) is 20.4. The number of hydrogen-bond donors (Lipinski definition) is 1. The molecular formula is C24H28N2O2. The number of amides is 1. The Bertz CT molecular complexity index is 860. The maximum absolute atomic E-state index is 12.0. The van der Waals surface area contributed by atoms with Crippen LogP contribution in [0, 0.1) is 0 Å². The number of benzene rings is 2. The van der Waals surface area contributed by atoms with Gasteiger partial charge in [-0.3, -0.25) is 4.79 Å². The Hall–Kier alpha value is -3.14. The molecule has 0 aliphatic rings. The number of nitrogens with zero attached hydrogens (tertiary/aromatic N) is 1. The van der Waals surface area contributed by atoms with E-state index in [-0.39, 0.29) is 17.9 Å². The third-order valence-electron chi connectivity index (χ3n) is 3.95. The summed E-state index contributed by atoms with van der Waals surface area (Å²) in [5.74, 6) is 0.424. The molecule has 0 aliphatic carbocycles. The van der Waals surface area contributed by atoms with Gasteiger partial charge in [-0.25, -0.2) is 5.43 Å². The third kappa shape index (κ3) is 7.23. The summed E-state index contributed by atoms with van der Waals surface area (Å²) < 4.78 is 5.69. The fourth-order valence-corrected chi connectivity index (χ4v) is 2.50. The van der Waals surface area contributed by atoms with Crippen molar-refractivity contribution >= 4 is 17.7 Å². The Morgan fingerprint density at radius 3 is 2.43 bits per heavy atom. The fourth-order valence-electron chi connectivity index (χ4n) is 2.50. The highest BCUT2D eigenvalue weighted by molar-refractivity contribution is 5.94. The second-order valence-electron chi connectivity index (χ2n) is 7.45. The third-order valence-corrected chi connectivity index (χ3v) is 3.95. The zero-order valence-corrected chi connectivity index (χ0v) is 17.0. The Morgan fingerprint density at radius 1 is 1.04 bits per heavy atom. The SMILES string of the molecule is CC(C=CC=Cc1ccccc1)=NNC(=O)COc1ccccc1C(C)(C)C. The zero-order valence-electron chi connectivity index (χ0n) is 17.0. The van der Waals surface area contributed by atoms with Crippen molar-refractivity contribution in [2.75, 3.05) is 6.61 Å². The molecule has 0 saturated heterocycles. The molecule has 0 radical (unpaired) electrons. The topological polar surface area (TPSA) is 50.7 Å². The van der Waals surface area contributed by atoms with Crippen molar-refractivity contribution in [1.82, 2.24) is 5.43 Å². The van der Waals surface area contributed by atoms with Crippen LogP contribution in [0.3, 0.4) is 0 Å². The van der Waals surface area contributed by atoms with Gasteiger partial charge in [0, 0.05) is 0 Å². The number of hydrogen-bond acceptors (Lipinski definition) is 3. The molecule has 0 saturated carbocycles. The first-order valence-corrected chi connectivity index (χ1v) is 9.31. The first-order valence-electron chi connectivity index (χ1n) is 9.31. The molecule has 1 N–H and O–H groups in total. The van der Waals surface area contributed by atoms with Gasteiger partial charge in [-0.2, -0.15) is 5.10 Å². The molecule has 1 amide bonds. The van der Waals surface area contributed by atoms with Gasteiger partial charge in [-0.05, 0) is 35.6 Å². The van der Waals surface area contributed by atoms with E-state index < -0.39 is 0 Å².